The molecule has 0 fully saturated rings. The Labute approximate surface area is 143 Å². The van der Waals surface area contributed by atoms with Crippen molar-refractivity contribution < 1.29 is 9.21 Å². The number of amides is 1. The van der Waals surface area contributed by atoms with Gasteiger partial charge in [0, 0.05) is 6.42 Å². The number of nitrogens with one attached hydrogen (secondary N) is 2. The molecule has 1 atom stereocenters. The highest BCUT2D eigenvalue weighted by Crippen LogP contribution is 2.25. The van der Waals surface area contributed by atoms with Gasteiger partial charge in [-0.3, -0.25) is 9.78 Å². The number of aromatic amines is 1. The summed E-state index contributed by atoms with van der Waals surface area (Å²) in [5, 5.41) is 7.18. The van der Waals surface area contributed by atoms with E-state index >= 15 is 0 Å². The number of fused-ring (bicyclic) bond motifs is 1. The number of oxazole rings is 1. The van der Waals surface area contributed by atoms with E-state index in [0.29, 0.717) is 17.5 Å². The second-order valence-corrected chi connectivity index (χ2v) is 6.97. The van der Waals surface area contributed by atoms with Crippen LogP contribution in [0.4, 0.5) is 0 Å². The first kappa shape index (κ1) is 16.5. The van der Waals surface area contributed by atoms with Crippen molar-refractivity contribution in [2.75, 3.05) is 0 Å². The lowest BCUT2D eigenvalue weighted by molar-refractivity contribution is -0.122. The van der Waals surface area contributed by atoms with Crippen LogP contribution >= 0.6 is 11.3 Å². The molecule has 0 spiro atoms. The van der Waals surface area contributed by atoms with Gasteiger partial charge < -0.3 is 9.73 Å². The van der Waals surface area contributed by atoms with Gasteiger partial charge in [0.2, 0.25) is 5.91 Å². The summed E-state index contributed by atoms with van der Waals surface area (Å²) in [6.45, 7) is 4.11. The third-order valence-corrected chi connectivity index (χ3v) is 4.74. The number of carbonyl (C=O) groups is 1. The summed E-state index contributed by atoms with van der Waals surface area (Å²) in [5.74, 6) is -0.225. The molecule has 2 aromatic heterocycles. The number of hydrogen-bond acceptors (Lipinski definition) is 4. The minimum atomic E-state index is -0.469. The number of thiophene rings is 1. The van der Waals surface area contributed by atoms with Crippen molar-refractivity contribution in [3.63, 3.8) is 0 Å². The van der Waals surface area contributed by atoms with Gasteiger partial charge in [-0.1, -0.05) is 19.9 Å². The summed E-state index contributed by atoms with van der Waals surface area (Å²) in [7, 11) is 0. The molecular weight excluding hydrogens is 324 g/mol. The average molecular weight is 344 g/mol. The topological polar surface area (TPSA) is 75.1 Å². The number of carbonyl (C=O) groups excluding carboxylic acids is 1. The standard InChI is InChI=1S/C18H20N2O3S/c1-11(2)17(20-16(21)6-3-12-7-8-24-10-12)13-4-5-14-15(9-13)23-18(22)19-14/h4-5,7-11,17H,3,6H2,1-2H3,(H,19,22)(H,20,21). The van der Waals surface area contributed by atoms with E-state index in [-0.39, 0.29) is 17.9 Å². The van der Waals surface area contributed by atoms with Gasteiger partial charge >= 0.3 is 5.76 Å². The molecule has 0 bridgehead atoms. The first-order chi connectivity index (χ1) is 11.5. The molecule has 0 aliphatic carbocycles. The van der Waals surface area contributed by atoms with E-state index in [4.69, 9.17) is 4.42 Å². The smallest absolute Gasteiger partial charge is 0.408 e. The maximum absolute atomic E-state index is 12.3. The molecule has 0 saturated carbocycles. The number of aryl methyl sites for hydroxylation is 1. The zero-order chi connectivity index (χ0) is 17.1. The fourth-order valence-corrected chi connectivity index (χ4v) is 3.43. The monoisotopic (exact) mass is 344 g/mol. The molecule has 24 heavy (non-hydrogen) atoms. The molecule has 126 valence electrons. The van der Waals surface area contributed by atoms with Crippen molar-refractivity contribution in [1.82, 2.24) is 10.3 Å². The van der Waals surface area contributed by atoms with Crippen molar-refractivity contribution >= 4 is 28.3 Å². The van der Waals surface area contributed by atoms with Gasteiger partial charge in [-0.15, -0.1) is 0 Å². The summed E-state index contributed by atoms with van der Waals surface area (Å²) in [6, 6.07) is 7.46. The molecule has 1 unspecified atom stereocenters. The Morgan fingerprint density at radius 1 is 1.33 bits per heavy atom. The van der Waals surface area contributed by atoms with Crippen LogP contribution in [0, 0.1) is 5.92 Å². The molecule has 1 aromatic carbocycles. The molecular formula is C18H20N2O3S. The molecule has 0 aliphatic rings. The Morgan fingerprint density at radius 3 is 2.88 bits per heavy atom. The number of H-pyrrole nitrogens is 1. The van der Waals surface area contributed by atoms with E-state index in [1.54, 1.807) is 11.3 Å². The molecule has 0 saturated heterocycles. The Balaban J connectivity index is 1.73. The van der Waals surface area contributed by atoms with E-state index in [1.165, 1.54) is 5.56 Å². The van der Waals surface area contributed by atoms with E-state index in [1.807, 2.05) is 29.6 Å². The van der Waals surface area contributed by atoms with Gasteiger partial charge in [0.15, 0.2) is 5.58 Å². The lowest BCUT2D eigenvalue weighted by atomic mass is 9.95. The van der Waals surface area contributed by atoms with Crippen LogP contribution in [0.2, 0.25) is 0 Å². The van der Waals surface area contributed by atoms with E-state index in [2.05, 4.69) is 29.5 Å². The Morgan fingerprint density at radius 2 is 2.17 bits per heavy atom. The second-order valence-electron chi connectivity index (χ2n) is 6.19. The molecule has 0 radical (unpaired) electrons. The van der Waals surface area contributed by atoms with Gasteiger partial charge in [-0.2, -0.15) is 11.3 Å². The van der Waals surface area contributed by atoms with Crippen LogP contribution in [0.15, 0.2) is 44.2 Å². The zero-order valence-corrected chi connectivity index (χ0v) is 14.5. The van der Waals surface area contributed by atoms with Crippen LogP contribution in [-0.2, 0) is 11.2 Å². The predicted octanol–water partition coefficient (Wildman–Crippen LogP) is 3.63. The fraction of sp³-hybridized carbons (Fsp3) is 0.333. The highest BCUT2D eigenvalue weighted by atomic mass is 32.1. The number of rotatable bonds is 6. The van der Waals surface area contributed by atoms with Crippen molar-refractivity contribution in [2.45, 2.75) is 32.7 Å². The van der Waals surface area contributed by atoms with E-state index in [0.717, 1.165) is 12.0 Å². The fourth-order valence-electron chi connectivity index (χ4n) is 2.73. The normalized spacial score (nSPS) is 12.6. The molecule has 6 heteroatoms. The molecule has 0 aliphatic heterocycles. The molecule has 3 rings (SSSR count). The average Bonchev–Trinajstić information content (AvgIpc) is 3.17. The van der Waals surface area contributed by atoms with Crippen molar-refractivity contribution in [3.8, 4) is 0 Å². The molecule has 3 aromatic rings. The van der Waals surface area contributed by atoms with Crippen molar-refractivity contribution in [3.05, 3.63) is 56.7 Å². The van der Waals surface area contributed by atoms with E-state index < -0.39 is 5.76 Å². The van der Waals surface area contributed by atoms with Crippen molar-refractivity contribution in [2.24, 2.45) is 5.92 Å². The van der Waals surface area contributed by atoms with Crippen LogP contribution in [0.1, 0.15) is 37.4 Å². The van der Waals surface area contributed by atoms with Crippen LogP contribution in [-0.4, -0.2) is 10.9 Å². The molecule has 5 nitrogen and oxygen atoms in total. The third-order valence-electron chi connectivity index (χ3n) is 4.01. The molecule has 2 heterocycles. The second kappa shape index (κ2) is 7.05. The largest absolute Gasteiger partial charge is 0.417 e. The van der Waals surface area contributed by atoms with Crippen LogP contribution in [0.5, 0.6) is 0 Å². The highest BCUT2D eigenvalue weighted by Gasteiger charge is 2.19. The Kier molecular flexibility index (Phi) is 4.85. The summed E-state index contributed by atoms with van der Waals surface area (Å²) >= 11 is 1.64. The zero-order valence-electron chi connectivity index (χ0n) is 13.7. The first-order valence-corrected chi connectivity index (χ1v) is 8.90. The Hall–Kier alpha value is -2.34. The molecule has 1 amide bonds. The highest BCUT2D eigenvalue weighted by molar-refractivity contribution is 7.07. The van der Waals surface area contributed by atoms with Gasteiger partial charge in [-0.05, 0) is 52.4 Å². The van der Waals surface area contributed by atoms with Gasteiger partial charge in [0.1, 0.15) is 0 Å². The lowest BCUT2D eigenvalue weighted by Crippen LogP contribution is -2.31. The summed E-state index contributed by atoms with van der Waals surface area (Å²) < 4.78 is 5.12. The van der Waals surface area contributed by atoms with Gasteiger partial charge in [-0.25, -0.2) is 4.79 Å². The van der Waals surface area contributed by atoms with Crippen molar-refractivity contribution in [1.29, 1.82) is 0 Å². The minimum Gasteiger partial charge on any atom is -0.408 e. The predicted molar refractivity (Wildman–Crippen MR) is 95.2 cm³/mol. The van der Waals surface area contributed by atoms with Crippen LogP contribution in [0.25, 0.3) is 11.1 Å². The quantitative estimate of drug-likeness (QED) is 0.717. The van der Waals surface area contributed by atoms with Gasteiger partial charge in [0.25, 0.3) is 0 Å². The third kappa shape index (κ3) is 3.76. The number of hydrogen-bond donors (Lipinski definition) is 2. The first-order valence-electron chi connectivity index (χ1n) is 7.96. The number of benzene rings is 1. The number of aromatic nitrogens is 1. The SMILES string of the molecule is CC(C)C(NC(=O)CCc1ccsc1)c1ccc2[nH]c(=O)oc2c1. The Bertz CT molecular complexity index is 877. The minimum absolute atomic E-state index is 0.0236. The maximum atomic E-state index is 12.3. The van der Waals surface area contributed by atoms with Gasteiger partial charge in [0.05, 0.1) is 11.6 Å². The molecule has 2 N–H and O–H groups in total. The van der Waals surface area contributed by atoms with Crippen LogP contribution in [0.3, 0.4) is 0 Å². The summed E-state index contributed by atoms with van der Waals surface area (Å²) in [6.07, 6.45) is 1.20. The van der Waals surface area contributed by atoms with Crippen LogP contribution < -0.4 is 11.1 Å². The summed E-state index contributed by atoms with van der Waals surface area (Å²) in [5.41, 5.74) is 3.29. The maximum Gasteiger partial charge on any atom is 0.417 e. The van der Waals surface area contributed by atoms with E-state index in [9.17, 15) is 9.59 Å². The summed E-state index contributed by atoms with van der Waals surface area (Å²) in [4.78, 5) is 26.2. The lowest BCUT2D eigenvalue weighted by Gasteiger charge is -2.23.